The van der Waals surface area contributed by atoms with Crippen molar-refractivity contribution >= 4 is 17.9 Å². The average Bonchev–Trinajstić information content (AvgIpc) is 3.28. The predicted molar refractivity (Wildman–Crippen MR) is 270 cm³/mol. The molecule has 362 valence electrons. The summed E-state index contributed by atoms with van der Waals surface area (Å²) < 4.78 is 16.8. The zero-order chi connectivity index (χ0) is 45.8. The van der Waals surface area contributed by atoms with Gasteiger partial charge in [-0.15, -0.1) is 0 Å². The molecule has 6 heteroatoms. The van der Waals surface area contributed by atoms with Gasteiger partial charge in [0.05, 0.1) is 0 Å². The summed E-state index contributed by atoms with van der Waals surface area (Å²) in [4.78, 5) is 38.0. The molecular weight excluding hydrogens is 781 g/mol. The van der Waals surface area contributed by atoms with E-state index in [0.717, 1.165) is 122 Å². The number of allylic oxidation sites excluding steroid dienone is 12. The van der Waals surface area contributed by atoms with Crippen molar-refractivity contribution in [3.8, 4) is 0 Å². The summed E-state index contributed by atoms with van der Waals surface area (Å²) in [5.41, 5.74) is 0. The van der Waals surface area contributed by atoms with E-state index >= 15 is 0 Å². The third-order valence-corrected chi connectivity index (χ3v) is 11.2. The van der Waals surface area contributed by atoms with E-state index in [0.29, 0.717) is 19.3 Å². The van der Waals surface area contributed by atoms with Crippen LogP contribution in [-0.4, -0.2) is 37.2 Å². The lowest BCUT2D eigenvalue weighted by Crippen LogP contribution is -2.30. The minimum atomic E-state index is -0.786. The Kier molecular flexibility index (Phi) is 48.9. The predicted octanol–water partition coefficient (Wildman–Crippen LogP) is 17.4. The molecule has 0 aromatic rings. The summed E-state index contributed by atoms with van der Waals surface area (Å²) in [6, 6.07) is 0. The minimum absolute atomic E-state index is 0.0840. The Balaban J connectivity index is 4.41. The number of ether oxygens (including phenoxy) is 3. The van der Waals surface area contributed by atoms with Gasteiger partial charge in [0, 0.05) is 19.3 Å². The second-order valence-corrected chi connectivity index (χ2v) is 17.4. The normalized spacial score (nSPS) is 12.6. The average molecular weight is 879 g/mol. The summed E-state index contributed by atoms with van der Waals surface area (Å²) in [6.45, 7) is 6.40. The lowest BCUT2D eigenvalue weighted by Gasteiger charge is -2.18. The SMILES string of the molecule is CC/C=C\C/C=C\C/C=C\CCCCCCCCCC(=O)OCC(COC(=O)CCCCCCCCCCCCCCC)OC(=O)CCCCCCC/C=C\C/C=C\C/C=C\CC. The fraction of sp³-hybridized carbons (Fsp3) is 0.737. The van der Waals surface area contributed by atoms with Crippen LogP contribution < -0.4 is 0 Å². The number of hydrogen-bond acceptors (Lipinski definition) is 6. The van der Waals surface area contributed by atoms with Gasteiger partial charge in [-0.25, -0.2) is 0 Å². The summed E-state index contributed by atoms with van der Waals surface area (Å²) in [7, 11) is 0. The Bertz CT molecular complexity index is 1190. The Morgan fingerprint density at radius 1 is 0.333 bits per heavy atom. The number of esters is 3. The molecule has 0 aromatic carbocycles. The van der Waals surface area contributed by atoms with Gasteiger partial charge in [-0.2, -0.15) is 0 Å². The van der Waals surface area contributed by atoms with Crippen molar-refractivity contribution in [2.45, 2.75) is 258 Å². The van der Waals surface area contributed by atoms with Crippen LogP contribution in [0.2, 0.25) is 0 Å². The minimum Gasteiger partial charge on any atom is -0.462 e. The first-order chi connectivity index (χ1) is 31.0. The van der Waals surface area contributed by atoms with Gasteiger partial charge in [-0.3, -0.25) is 14.4 Å². The number of carbonyl (C=O) groups is 3. The highest BCUT2D eigenvalue weighted by Gasteiger charge is 2.19. The molecule has 0 N–H and O–H groups in total. The van der Waals surface area contributed by atoms with E-state index in [-0.39, 0.29) is 31.1 Å². The molecule has 0 bridgehead atoms. The summed E-state index contributed by atoms with van der Waals surface area (Å²) in [5, 5.41) is 0. The van der Waals surface area contributed by atoms with E-state index in [4.69, 9.17) is 14.2 Å². The van der Waals surface area contributed by atoms with Gasteiger partial charge < -0.3 is 14.2 Å². The van der Waals surface area contributed by atoms with Crippen molar-refractivity contribution in [3.63, 3.8) is 0 Å². The van der Waals surface area contributed by atoms with Gasteiger partial charge in [0.25, 0.3) is 0 Å². The molecule has 0 aliphatic heterocycles. The van der Waals surface area contributed by atoms with E-state index in [2.05, 4.69) is 93.7 Å². The van der Waals surface area contributed by atoms with Gasteiger partial charge in [0.15, 0.2) is 6.10 Å². The number of rotatable bonds is 47. The van der Waals surface area contributed by atoms with Crippen molar-refractivity contribution < 1.29 is 28.6 Å². The van der Waals surface area contributed by atoms with Gasteiger partial charge in [-0.1, -0.05) is 222 Å². The van der Waals surface area contributed by atoms with Crippen LogP contribution in [0.5, 0.6) is 0 Å². The summed E-state index contributed by atoms with van der Waals surface area (Å²) >= 11 is 0. The van der Waals surface area contributed by atoms with Gasteiger partial charge >= 0.3 is 17.9 Å². The molecule has 0 heterocycles. The van der Waals surface area contributed by atoms with Crippen LogP contribution in [0.1, 0.15) is 252 Å². The second-order valence-electron chi connectivity index (χ2n) is 17.4. The zero-order valence-electron chi connectivity index (χ0n) is 41.3. The highest BCUT2D eigenvalue weighted by molar-refractivity contribution is 5.71. The van der Waals surface area contributed by atoms with Crippen LogP contribution in [0.15, 0.2) is 72.9 Å². The quantitative estimate of drug-likeness (QED) is 0.0262. The molecule has 0 aliphatic rings. The lowest BCUT2D eigenvalue weighted by atomic mass is 10.0. The molecule has 63 heavy (non-hydrogen) atoms. The van der Waals surface area contributed by atoms with E-state index in [9.17, 15) is 14.4 Å². The van der Waals surface area contributed by atoms with Gasteiger partial charge in [0.1, 0.15) is 13.2 Å². The van der Waals surface area contributed by atoms with Crippen LogP contribution in [-0.2, 0) is 28.6 Å². The standard InChI is InChI=1S/C57H98O6/c1-4-7-10-13-16-19-22-25-27-28-30-32-35-38-41-44-47-50-56(59)62-53-54(52-61-55(58)49-46-43-40-37-34-31-24-21-18-15-12-9-6-3)63-57(60)51-48-45-42-39-36-33-29-26-23-20-17-14-11-8-5-2/h7-8,10-11,16-17,19-20,25-27,29,54H,4-6,9,12-15,18,21-24,28,30-53H2,1-3H3/b10-7-,11-8-,19-16-,20-17-,27-25-,29-26-. The largest absolute Gasteiger partial charge is 0.462 e. The topological polar surface area (TPSA) is 78.9 Å². The van der Waals surface area contributed by atoms with Crippen molar-refractivity contribution in [2.75, 3.05) is 13.2 Å². The van der Waals surface area contributed by atoms with Crippen molar-refractivity contribution in [1.82, 2.24) is 0 Å². The maximum Gasteiger partial charge on any atom is 0.306 e. The van der Waals surface area contributed by atoms with Crippen LogP contribution in [0, 0.1) is 0 Å². The smallest absolute Gasteiger partial charge is 0.306 e. The van der Waals surface area contributed by atoms with E-state index < -0.39 is 6.10 Å². The summed E-state index contributed by atoms with van der Waals surface area (Å²) in [5.74, 6) is -0.907. The van der Waals surface area contributed by atoms with Crippen molar-refractivity contribution in [3.05, 3.63) is 72.9 Å². The van der Waals surface area contributed by atoms with Crippen LogP contribution >= 0.6 is 0 Å². The van der Waals surface area contributed by atoms with Crippen LogP contribution in [0.25, 0.3) is 0 Å². The van der Waals surface area contributed by atoms with Crippen LogP contribution in [0.3, 0.4) is 0 Å². The molecule has 0 saturated heterocycles. The molecule has 0 fully saturated rings. The molecule has 0 aromatic heterocycles. The molecule has 1 unspecified atom stereocenters. The van der Waals surface area contributed by atoms with Gasteiger partial charge in [0.2, 0.25) is 0 Å². The van der Waals surface area contributed by atoms with Crippen LogP contribution in [0.4, 0.5) is 0 Å². The third kappa shape index (κ3) is 49.7. The number of unbranched alkanes of at least 4 members (excludes halogenated alkanes) is 24. The highest BCUT2D eigenvalue weighted by atomic mass is 16.6. The summed E-state index contributed by atoms with van der Waals surface area (Å²) in [6.07, 6.45) is 64.5. The molecule has 1 atom stereocenters. The molecule has 0 amide bonds. The van der Waals surface area contributed by atoms with Crippen molar-refractivity contribution in [1.29, 1.82) is 0 Å². The maximum atomic E-state index is 12.8. The van der Waals surface area contributed by atoms with E-state index in [1.807, 2.05) is 0 Å². The highest BCUT2D eigenvalue weighted by Crippen LogP contribution is 2.15. The number of hydrogen-bond donors (Lipinski definition) is 0. The maximum absolute atomic E-state index is 12.8. The fourth-order valence-corrected chi connectivity index (χ4v) is 7.29. The first-order valence-corrected chi connectivity index (χ1v) is 26.4. The first kappa shape index (κ1) is 59.9. The second kappa shape index (κ2) is 51.5. The van der Waals surface area contributed by atoms with Gasteiger partial charge in [-0.05, 0) is 83.5 Å². The molecular formula is C57H98O6. The molecule has 0 rings (SSSR count). The third-order valence-electron chi connectivity index (χ3n) is 11.2. The van der Waals surface area contributed by atoms with E-state index in [1.54, 1.807) is 0 Å². The fourth-order valence-electron chi connectivity index (χ4n) is 7.29. The number of carbonyl (C=O) groups excluding carboxylic acids is 3. The molecule has 6 nitrogen and oxygen atoms in total. The molecule has 0 radical (unpaired) electrons. The Labute approximate surface area is 389 Å². The first-order valence-electron chi connectivity index (χ1n) is 26.4. The van der Waals surface area contributed by atoms with E-state index in [1.165, 1.54) is 89.9 Å². The monoisotopic (exact) mass is 879 g/mol. The zero-order valence-corrected chi connectivity index (χ0v) is 41.3. The Morgan fingerprint density at radius 2 is 0.619 bits per heavy atom. The lowest BCUT2D eigenvalue weighted by molar-refractivity contribution is -0.167. The Morgan fingerprint density at radius 3 is 0.968 bits per heavy atom. The molecule has 0 aliphatic carbocycles. The molecule has 0 saturated carbocycles. The Hall–Kier alpha value is -3.15. The van der Waals surface area contributed by atoms with Crippen molar-refractivity contribution in [2.24, 2.45) is 0 Å². The molecule has 0 spiro atoms.